The number of hydrogen-bond donors (Lipinski definition) is 0. The SMILES string of the molecule is CC12C=CC=CC1=CC=C(c1ccc3c(c1)C(c1ccccc1)(c1ccccc1)c1ccccc1-3)C2c1ccc(-c2nc(-c3ccccc3)nc(-c3ccccc3)n2)cc1. The first-order valence-corrected chi connectivity index (χ1v) is 20.7. The molecule has 2 unspecified atom stereocenters. The lowest BCUT2D eigenvalue weighted by molar-refractivity contribution is 0.470. The summed E-state index contributed by atoms with van der Waals surface area (Å²) in [4.78, 5) is 15.0. The Bertz CT molecular complexity index is 2920. The van der Waals surface area contributed by atoms with Crippen molar-refractivity contribution < 1.29 is 0 Å². The van der Waals surface area contributed by atoms with Crippen LogP contribution in [0.3, 0.4) is 0 Å². The maximum atomic E-state index is 5.03. The van der Waals surface area contributed by atoms with E-state index in [4.69, 9.17) is 15.0 Å². The molecule has 3 nitrogen and oxygen atoms in total. The summed E-state index contributed by atoms with van der Waals surface area (Å²) < 4.78 is 0. The first kappa shape index (κ1) is 35.7. The van der Waals surface area contributed by atoms with Crippen molar-refractivity contribution in [3.8, 4) is 45.3 Å². The van der Waals surface area contributed by atoms with Crippen LogP contribution in [0.1, 0.15) is 46.2 Å². The van der Waals surface area contributed by atoms with Crippen LogP contribution in [-0.2, 0) is 5.41 Å². The van der Waals surface area contributed by atoms with Crippen molar-refractivity contribution in [2.75, 3.05) is 0 Å². The van der Waals surface area contributed by atoms with Gasteiger partial charge in [-0.3, -0.25) is 0 Å². The lowest BCUT2D eigenvalue weighted by atomic mass is 9.60. The van der Waals surface area contributed by atoms with E-state index >= 15 is 0 Å². The summed E-state index contributed by atoms with van der Waals surface area (Å²) in [6.45, 7) is 2.39. The molecule has 0 fully saturated rings. The molecular weight excluding hydrogens is 727 g/mol. The zero-order chi connectivity index (χ0) is 40.1. The summed E-state index contributed by atoms with van der Waals surface area (Å²) in [6, 6.07) is 67.5. The molecule has 60 heavy (non-hydrogen) atoms. The van der Waals surface area contributed by atoms with Gasteiger partial charge in [0.25, 0.3) is 0 Å². The number of allylic oxidation sites excluding steroid dienone is 8. The second-order valence-electron chi connectivity index (χ2n) is 16.1. The molecular formula is C57H41N3. The largest absolute Gasteiger partial charge is 0.208 e. The first-order chi connectivity index (χ1) is 29.6. The van der Waals surface area contributed by atoms with Gasteiger partial charge in [0.2, 0.25) is 0 Å². The minimum atomic E-state index is -0.475. The molecule has 8 aromatic rings. The van der Waals surface area contributed by atoms with Gasteiger partial charge in [0.05, 0.1) is 5.41 Å². The lowest BCUT2D eigenvalue weighted by Crippen LogP contribution is -2.30. The Morgan fingerprint density at radius 2 is 0.933 bits per heavy atom. The van der Waals surface area contributed by atoms with Crippen LogP contribution in [0.4, 0.5) is 0 Å². The standard InChI is InChI=1S/C57H41N3/c1-56-37-17-16-22-44(56)34-36-47(43-33-35-49-48-27-14-15-28-50(48)57(51(49)38-43,45-23-10-4-11-24-45)46-25-12-5-13-26-46)52(56)39-29-31-42(32-30-39)55-59-53(40-18-6-2-7-19-40)58-54(60-55)41-20-8-3-9-21-41/h2-38,52H,1H3. The molecule has 0 spiro atoms. The average molecular weight is 768 g/mol. The molecule has 0 bridgehead atoms. The molecule has 0 saturated carbocycles. The first-order valence-electron chi connectivity index (χ1n) is 20.7. The number of benzene rings is 7. The van der Waals surface area contributed by atoms with E-state index in [1.165, 1.54) is 55.7 Å². The van der Waals surface area contributed by atoms with Crippen molar-refractivity contribution in [2.24, 2.45) is 5.41 Å². The fourth-order valence-corrected chi connectivity index (χ4v) is 9.96. The zero-order valence-corrected chi connectivity index (χ0v) is 33.3. The molecule has 1 aromatic heterocycles. The quantitative estimate of drug-likeness (QED) is 0.162. The van der Waals surface area contributed by atoms with Crippen molar-refractivity contribution in [3.05, 3.63) is 263 Å². The van der Waals surface area contributed by atoms with E-state index < -0.39 is 5.41 Å². The Balaban J connectivity index is 1.06. The highest BCUT2D eigenvalue weighted by Gasteiger charge is 2.47. The van der Waals surface area contributed by atoms with Gasteiger partial charge in [-0.15, -0.1) is 0 Å². The summed E-state index contributed by atoms with van der Waals surface area (Å²) >= 11 is 0. The summed E-state index contributed by atoms with van der Waals surface area (Å²) in [7, 11) is 0. The molecule has 1 heterocycles. The molecule has 11 rings (SSSR count). The molecule has 7 aromatic carbocycles. The summed E-state index contributed by atoms with van der Waals surface area (Å²) in [5.41, 5.74) is 14.9. The number of hydrogen-bond acceptors (Lipinski definition) is 3. The van der Waals surface area contributed by atoms with E-state index in [0.717, 1.165) is 16.7 Å². The third kappa shape index (κ3) is 5.69. The maximum absolute atomic E-state index is 5.03. The molecule has 0 saturated heterocycles. The van der Waals surface area contributed by atoms with Gasteiger partial charge >= 0.3 is 0 Å². The third-order valence-electron chi connectivity index (χ3n) is 12.8. The monoisotopic (exact) mass is 767 g/mol. The molecule has 3 aliphatic carbocycles. The normalized spacial score (nSPS) is 18.2. The van der Waals surface area contributed by atoms with E-state index in [2.05, 4.69) is 171 Å². The van der Waals surface area contributed by atoms with Crippen molar-refractivity contribution in [1.82, 2.24) is 15.0 Å². The van der Waals surface area contributed by atoms with Gasteiger partial charge in [0.1, 0.15) is 0 Å². The fourth-order valence-electron chi connectivity index (χ4n) is 9.96. The second-order valence-corrected chi connectivity index (χ2v) is 16.1. The third-order valence-corrected chi connectivity index (χ3v) is 12.8. The smallest absolute Gasteiger partial charge is 0.164 e. The molecule has 284 valence electrons. The molecule has 0 N–H and O–H groups in total. The van der Waals surface area contributed by atoms with Gasteiger partial charge in [-0.1, -0.05) is 225 Å². The predicted molar refractivity (Wildman–Crippen MR) is 245 cm³/mol. The Morgan fingerprint density at radius 3 is 1.53 bits per heavy atom. The van der Waals surface area contributed by atoms with Gasteiger partial charge in [-0.05, 0) is 61.7 Å². The average Bonchev–Trinajstić information content (AvgIpc) is 3.62. The highest BCUT2D eigenvalue weighted by molar-refractivity contribution is 5.89. The van der Waals surface area contributed by atoms with Crippen molar-refractivity contribution in [1.29, 1.82) is 0 Å². The Kier molecular flexibility index (Phi) is 8.56. The fraction of sp³-hybridized carbons (Fsp3) is 0.0702. The summed E-state index contributed by atoms with van der Waals surface area (Å²) in [5, 5.41) is 0. The van der Waals surface area contributed by atoms with E-state index in [-0.39, 0.29) is 11.3 Å². The molecule has 2 atom stereocenters. The predicted octanol–water partition coefficient (Wildman–Crippen LogP) is 13.5. The van der Waals surface area contributed by atoms with Crippen LogP contribution in [0.25, 0.3) is 50.9 Å². The van der Waals surface area contributed by atoms with Crippen LogP contribution in [0.2, 0.25) is 0 Å². The van der Waals surface area contributed by atoms with Crippen LogP contribution in [0.5, 0.6) is 0 Å². The highest BCUT2D eigenvalue weighted by Crippen LogP contribution is 2.59. The molecule has 3 aliphatic rings. The van der Waals surface area contributed by atoms with Gasteiger partial charge in [0, 0.05) is 28.0 Å². The van der Waals surface area contributed by atoms with Gasteiger partial charge in [-0.2, -0.15) is 0 Å². The van der Waals surface area contributed by atoms with Gasteiger partial charge in [0.15, 0.2) is 17.5 Å². The number of rotatable bonds is 7. The van der Waals surface area contributed by atoms with E-state index in [1.807, 2.05) is 60.7 Å². The topological polar surface area (TPSA) is 38.7 Å². The lowest BCUT2D eigenvalue weighted by Gasteiger charge is -2.42. The maximum Gasteiger partial charge on any atom is 0.164 e. The second kappa shape index (κ2) is 14.4. The van der Waals surface area contributed by atoms with Crippen LogP contribution in [0, 0.1) is 5.41 Å². The summed E-state index contributed by atoms with van der Waals surface area (Å²) in [5.74, 6) is 2.00. The molecule has 0 aliphatic heterocycles. The van der Waals surface area contributed by atoms with E-state index in [1.54, 1.807) is 0 Å². The Hall–Kier alpha value is -7.49. The van der Waals surface area contributed by atoms with Crippen LogP contribution >= 0.6 is 0 Å². The van der Waals surface area contributed by atoms with Gasteiger partial charge < -0.3 is 0 Å². The number of aromatic nitrogens is 3. The zero-order valence-electron chi connectivity index (χ0n) is 33.3. The summed E-state index contributed by atoms with van der Waals surface area (Å²) in [6.07, 6.45) is 13.7. The Morgan fingerprint density at radius 1 is 0.433 bits per heavy atom. The number of nitrogens with zero attached hydrogens (tertiary/aromatic N) is 3. The molecule has 3 heteroatoms. The van der Waals surface area contributed by atoms with Crippen LogP contribution in [-0.4, -0.2) is 15.0 Å². The molecule has 0 radical (unpaired) electrons. The van der Waals surface area contributed by atoms with Crippen LogP contribution in [0.15, 0.2) is 230 Å². The van der Waals surface area contributed by atoms with E-state index in [9.17, 15) is 0 Å². The molecule has 0 amide bonds. The van der Waals surface area contributed by atoms with E-state index in [0.29, 0.717) is 17.5 Å². The van der Waals surface area contributed by atoms with Crippen molar-refractivity contribution in [3.63, 3.8) is 0 Å². The minimum Gasteiger partial charge on any atom is -0.208 e. The highest BCUT2D eigenvalue weighted by atomic mass is 15.0. The van der Waals surface area contributed by atoms with Crippen molar-refractivity contribution in [2.45, 2.75) is 18.3 Å². The number of fused-ring (bicyclic) bond motifs is 4. The Labute approximate surface area is 351 Å². The van der Waals surface area contributed by atoms with Gasteiger partial charge in [-0.25, -0.2) is 15.0 Å². The van der Waals surface area contributed by atoms with Crippen LogP contribution < -0.4 is 0 Å². The van der Waals surface area contributed by atoms with Crippen molar-refractivity contribution >= 4 is 5.57 Å². The minimum absolute atomic E-state index is 0.0375.